The van der Waals surface area contributed by atoms with Gasteiger partial charge in [-0.3, -0.25) is 9.80 Å². The maximum absolute atomic E-state index is 12.7. The molecule has 6 nitrogen and oxygen atoms in total. The highest BCUT2D eigenvalue weighted by Gasteiger charge is 2.51. The summed E-state index contributed by atoms with van der Waals surface area (Å²) < 4.78 is 11.0. The van der Waals surface area contributed by atoms with Crippen LogP contribution in [0.4, 0.5) is 4.79 Å². The minimum atomic E-state index is -0.436. The van der Waals surface area contributed by atoms with Gasteiger partial charge in [-0.25, -0.2) is 4.79 Å². The predicted octanol–water partition coefficient (Wildman–Crippen LogP) is 7.39. The smallest absolute Gasteiger partial charge is 0.410 e. The lowest BCUT2D eigenvalue weighted by Crippen LogP contribution is -2.58. The summed E-state index contributed by atoms with van der Waals surface area (Å²) in [5.41, 5.74) is 4.49. The van der Waals surface area contributed by atoms with Crippen molar-refractivity contribution in [3.05, 3.63) is 65.2 Å². The van der Waals surface area contributed by atoms with Crippen molar-refractivity contribution in [2.75, 3.05) is 33.8 Å². The first-order chi connectivity index (χ1) is 20.1. The molecule has 0 radical (unpaired) electrons. The van der Waals surface area contributed by atoms with Crippen LogP contribution >= 0.6 is 0 Å². The number of likely N-dealkylation sites (tertiary alicyclic amines) is 2. The molecule has 2 saturated heterocycles. The Morgan fingerprint density at radius 2 is 1.62 bits per heavy atom. The van der Waals surface area contributed by atoms with E-state index in [1.807, 2.05) is 25.7 Å². The standard InChI is InChI=1S/C36H51N3O3/c1-35(2,3)42-34(40)38-20-17-36(18-21-38)23-29(24-36)39-19-16-28(37(4)25-26-10-14-30(41-5)15-11-26)22-33(39)32-9-7-6-8-31(32)27-12-13-27/h6-11,14-15,27-29,33H,12-13,16-25H2,1-5H3. The van der Waals surface area contributed by atoms with E-state index in [4.69, 9.17) is 9.47 Å². The highest BCUT2D eigenvalue weighted by Crippen LogP contribution is 2.54. The average molecular weight is 574 g/mol. The zero-order valence-corrected chi connectivity index (χ0v) is 26.5. The Labute approximate surface area is 253 Å². The van der Waals surface area contributed by atoms with Crippen LogP contribution in [0.5, 0.6) is 5.75 Å². The molecule has 6 heteroatoms. The fraction of sp³-hybridized carbons (Fsp3) is 0.639. The lowest BCUT2D eigenvalue weighted by atomic mass is 9.59. The number of hydrogen-bond acceptors (Lipinski definition) is 5. The second-order valence-electron chi connectivity index (χ2n) is 14.6. The van der Waals surface area contributed by atoms with E-state index in [0.717, 1.165) is 50.7 Å². The summed E-state index contributed by atoms with van der Waals surface area (Å²) in [6, 6.07) is 19.6. The summed E-state index contributed by atoms with van der Waals surface area (Å²) in [6.45, 7) is 9.63. The van der Waals surface area contributed by atoms with Crippen LogP contribution in [0.3, 0.4) is 0 Å². The number of ether oxygens (including phenoxy) is 2. The summed E-state index contributed by atoms with van der Waals surface area (Å²) in [7, 11) is 4.04. The lowest BCUT2D eigenvalue weighted by Gasteiger charge is -2.58. The molecule has 6 rings (SSSR count). The number of piperidine rings is 2. The average Bonchev–Trinajstić information content (AvgIpc) is 3.81. The van der Waals surface area contributed by atoms with Crippen LogP contribution in [-0.4, -0.2) is 72.3 Å². The highest BCUT2D eigenvalue weighted by molar-refractivity contribution is 5.68. The van der Waals surface area contributed by atoms with Gasteiger partial charge in [-0.15, -0.1) is 0 Å². The van der Waals surface area contributed by atoms with Crippen molar-refractivity contribution >= 4 is 6.09 Å². The zero-order valence-electron chi connectivity index (χ0n) is 26.5. The first kappa shape index (κ1) is 29.5. The molecule has 2 heterocycles. The van der Waals surface area contributed by atoms with Gasteiger partial charge in [0.2, 0.25) is 0 Å². The Morgan fingerprint density at radius 1 is 0.952 bits per heavy atom. The predicted molar refractivity (Wildman–Crippen MR) is 168 cm³/mol. The van der Waals surface area contributed by atoms with Crippen molar-refractivity contribution in [2.45, 2.75) is 108 Å². The molecule has 2 aliphatic heterocycles. The monoisotopic (exact) mass is 573 g/mol. The van der Waals surface area contributed by atoms with Gasteiger partial charge in [0.1, 0.15) is 11.4 Å². The molecule has 1 amide bonds. The van der Waals surface area contributed by atoms with Crippen molar-refractivity contribution in [3.63, 3.8) is 0 Å². The molecule has 4 fully saturated rings. The van der Waals surface area contributed by atoms with Gasteiger partial charge in [0, 0.05) is 44.3 Å². The van der Waals surface area contributed by atoms with Crippen LogP contribution in [-0.2, 0) is 11.3 Å². The number of carbonyl (C=O) groups is 1. The third-order valence-electron chi connectivity index (χ3n) is 10.5. The van der Waals surface area contributed by atoms with Gasteiger partial charge in [-0.05, 0) is 119 Å². The second kappa shape index (κ2) is 11.8. The zero-order chi connectivity index (χ0) is 29.5. The van der Waals surface area contributed by atoms with Gasteiger partial charge in [-0.2, -0.15) is 0 Å². The molecule has 2 atom stereocenters. The molecular formula is C36H51N3O3. The molecule has 228 valence electrons. The number of benzene rings is 2. The topological polar surface area (TPSA) is 45.2 Å². The largest absolute Gasteiger partial charge is 0.497 e. The fourth-order valence-electron chi connectivity index (χ4n) is 7.91. The molecule has 4 aliphatic rings. The van der Waals surface area contributed by atoms with Crippen molar-refractivity contribution in [3.8, 4) is 5.75 Å². The van der Waals surface area contributed by atoms with E-state index in [1.165, 1.54) is 44.1 Å². The molecule has 1 spiro atoms. The Bertz CT molecular complexity index is 1220. The number of carbonyl (C=O) groups excluding carboxylic acids is 1. The van der Waals surface area contributed by atoms with Crippen LogP contribution in [0, 0.1) is 5.41 Å². The summed E-state index contributed by atoms with van der Waals surface area (Å²) in [6.07, 6.45) is 9.67. The summed E-state index contributed by atoms with van der Waals surface area (Å²) >= 11 is 0. The van der Waals surface area contributed by atoms with E-state index in [-0.39, 0.29) is 6.09 Å². The summed E-state index contributed by atoms with van der Waals surface area (Å²) in [5, 5.41) is 0. The molecule has 2 aromatic rings. The lowest BCUT2D eigenvalue weighted by molar-refractivity contribution is -0.0757. The normalized spacial score (nSPS) is 25.0. The Balaban J connectivity index is 1.13. The Morgan fingerprint density at radius 3 is 2.24 bits per heavy atom. The van der Waals surface area contributed by atoms with Crippen LogP contribution in [0.25, 0.3) is 0 Å². The van der Waals surface area contributed by atoms with E-state index in [1.54, 1.807) is 18.2 Å². The fourth-order valence-corrected chi connectivity index (χ4v) is 7.91. The third-order valence-corrected chi connectivity index (χ3v) is 10.5. The van der Waals surface area contributed by atoms with Gasteiger partial charge < -0.3 is 14.4 Å². The van der Waals surface area contributed by atoms with Gasteiger partial charge >= 0.3 is 6.09 Å². The van der Waals surface area contributed by atoms with E-state index < -0.39 is 5.60 Å². The van der Waals surface area contributed by atoms with Crippen LogP contribution in [0.1, 0.15) is 101 Å². The van der Waals surface area contributed by atoms with Crippen molar-refractivity contribution < 1.29 is 14.3 Å². The van der Waals surface area contributed by atoms with E-state index >= 15 is 0 Å². The maximum Gasteiger partial charge on any atom is 0.410 e. The quantitative estimate of drug-likeness (QED) is 0.346. The van der Waals surface area contributed by atoms with Crippen LogP contribution in [0.15, 0.2) is 48.5 Å². The van der Waals surface area contributed by atoms with Gasteiger partial charge in [0.25, 0.3) is 0 Å². The molecule has 2 saturated carbocycles. The number of hydrogen-bond donors (Lipinski definition) is 0. The maximum atomic E-state index is 12.7. The first-order valence-corrected chi connectivity index (χ1v) is 16.3. The van der Waals surface area contributed by atoms with Crippen LogP contribution in [0.2, 0.25) is 0 Å². The van der Waals surface area contributed by atoms with Crippen molar-refractivity contribution in [1.29, 1.82) is 0 Å². The van der Waals surface area contributed by atoms with Gasteiger partial charge in [0.05, 0.1) is 7.11 Å². The summed E-state index contributed by atoms with van der Waals surface area (Å²) in [5.74, 6) is 1.67. The van der Waals surface area contributed by atoms with E-state index in [2.05, 4.69) is 65.4 Å². The van der Waals surface area contributed by atoms with Crippen molar-refractivity contribution in [1.82, 2.24) is 14.7 Å². The Kier molecular flexibility index (Phi) is 8.32. The number of rotatable bonds is 7. The number of nitrogens with zero attached hydrogens (tertiary/aromatic N) is 3. The second-order valence-corrected chi connectivity index (χ2v) is 14.6. The summed E-state index contributed by atoms with van der Waals surface area (Å²) in [4.78, 5) is 20.1. The van der Waals surface area contributed by atoms with E-state index in [9.17, 15) is 4.79 Å². The highest BCUT2D eigenvalue weighted by atomic mass is 16.6. The minimum Gasteiger partial charge on any atom is -0.497 e. The molecule has 42 heavy (non-hydrogen) atoms. The third kappa shape index (κ3) is 6.50. The molecule has 0 N–H and O–H groups in total. The SMILES string of the molecule is COc1ccc(CN(C)C2CCN(C3CC4(CCN(C(=O)OC(C)(C)C)CC4)C3)C(c3ccccc3C3CC3)C2)cc1. The van der Waals surface area contributed by atoms with Crippen molar-refractivity contribution in [2.24, 2.45) is 5.41 Å². The molecule has 0 aromatic heterocycles. The molecule has 2 aromatic carbocycles. The minimum absolute atomic E-state index is 0.147. The van der Waals surface area contributed by atoms with E-state index in [0.29, 0.717) is 23.5 Å². The number of methoxy groups -OCH3 is 1. The number of amides is 1. The first-order valence-electron chi connectivity index (χ1n) is 16.3. The molecular weight excluding hydrogens is 522 g/mol. The van der Waals surface area contributed by atoms with Gasteiger partial charge in [-0.1, -0.05) is 36.4 Å². The van der Waals surface area contributed by atoms with Crippen LogP contribution < -0.4 is 4.74 Å². The molecule has 2 aliphatic carbocycles. The van der Waals surface area contributed by atoms with Gasteiger partial charge in [0.15, 0.2) is 0 Å². The Hall–Kier alpha value is -2.57. The molecule has 0 bridgehead atoms. The molecule has 2 unspecified atom stereocenters.